The maximum atomic E-state index is 13.4. The molecule has 0 fully saturated rings. The van der Waals surface area contributed by atoms with Crippen molar-refractivity contribution < 1.29 is 42.0 Å². The topological polar surface area (TPSA) is 155 Å². The molecule has 3 aromatic heterocycles. The van der Waals surface area contributed by atoms with Crippen molar-refractivity contribution >= 4 is 52.5 Å². The zero-order valence-electron chi connectivity index (χ0n) is 48.2. The second-order valence-electron chi connectivity index (χ2n) is 22.2. The van der Waals surface area contributed by atoms with Gasteiger partial charge in [0.25, 0.3) is 35.4 Å². The molecule has 0 N–H and O–H groups in total. The van der Waals surface area contributed by atoms with E-state index < -0.39 is 0 Å². The summed E-state index contributed by atoms with van der Waals surface area (Å²) < 4.78 is 19.3. The molecule has 0 bridgehead atoms. The minimum atomic E-state index is -0.268. The molecule has 13 heteroatoms. The van der Waals surface area contributed by atoms with Crippen molar-refractivity contribution in [3.8, 4) is 67.9 Å². The third-order valence-electron chi connectivity index (χ3n) is 16.5. The van der Waals surface area contributed by atoms with Crippen molar-refractivity contribution in [2.45, 2.75) is 97.8 Å². The van der Waals surface area contributed by atoms with Gasteiger partial charge in [-0.05, 0) is 165 Å². The van der Waals surface area contributed by atoms with E-state index in [2.05, 4.69) is 25.7 Å². The zero-order valence-corrected chi connectivity index (χ0v) is 48.2. The number of carbonyl (C=O) groups is 6. The quantitative estimate of drug-likeness (QED) is 0.0422. The first kappa shape index (κ1) is 55.9. The van der Waals surface area contributed by atoms with Gasteiger partial charge in [-0.25, -0.2) is 0 Å². The lowest BCUT2D eigenvalue weighted by Crippen LogP contribution is -2.30. The highest BCUT2D eigenvalue weighted by Crippen LogP contribution is 2.41. The smallest absolute Gasteiger partial charge is 0.261 e. The molecular formula is C72H66N4O9. The molecule has 6 amide bonds. The molecule has 6 heterocycles. The number of fused-ring (bicyclic) bond motifs is 3. The largest absolute Gasteiger partial charge is 0.456 e. The van der Waals surface area contributed by atoms with Gasteiger partial charge in [-0.3, -0.25) is 43.5 Å². The summed E-state index contributed by atoms with van der Waals surface area (Å²) in [5, 5.41) is 0. The van der Waals surface area contributed by atoms with Crippen LogP contribution in [0.3, 0.4) is 0 Å². The molecule has 0 saturated carbocycles. The van der Waals surface area contributed by atoms with E-state index in [9.17, 15) is 28.8 Å². The molecule has 0 unspecified atom stereocenters. The third kappa shape index (κ3) is 11.0. The number of unbranched alkanes of at least 4 members (excludes halogenated alkanes) is 9. The molecular weight excluding hydrogens is 1060 g/mol. The number of rotatable bonds is 24. The van der Waals surface area contributed by atoms with E-state index in [-0.39, 0.29) is 35.4 Å². The molecule has 13 nitrogen and oxygen atoms in total. The Morgan fingerprint density at radius 1 is 0.271 bits per heavy atom. The number of anilines is 3. The van der Waals surface area contributed by atoms with Crippen LogP contribution in [0.2, 0.25) is 0 Å². The highest BCUT2D eigenvalue weighted by molar-refractivity contribution is 6.23. The normalized spacial score (nSPS) is 13.7. The van der Waals surface area contributed by atoms with Crippen LogP contribution in [-0.4, -0.2) is 69.8 Å². The predicted octanol–water partition coefficient (Wildman–Crippen LogP) is 17.5. The maximum absolute atomic E-state index is 13.4. The lowest BCUT2D eigenvalue weighted by molar-refractivity contribution is 0.0636. The van der Waals surface area contributed by atoms with Gasteiger partial charge in [0.2, 0.25) is 0 Å². The average Bonchev–Trinajstić information content (AvgIpc) is 3.32. The monoisotopic (exact) mass is 1130 g/mol. The first-order valence-electron chi connectivity index (χ1n) is 29.9. The Hall–Kier alpha value is -9.62. The number of amides is 6. The van der Waals surface area contributed by atoms with Crippen LogP contribution in [0.4, 0.5) is 17.1 Å². The van der Waals surface area contributed by atoms with Gasteiger partial charge in [-0.15, -0.1) is 0 Å². The van der Waals surface area contributed by atoms with Crippen molar-refractivity contribution in [2.75, 3.05) is 24.5 Å². The summed E-state index contributed by atoms with van der Waals surface area (Å²) in [5.74, 6) is 2.10. The second kappa shape index (κ2) is 24.3. The van der Waals surface area contributed by atoms with Gasteiger partial charge in [-0.1, -0.05) is 96.8 Å². The molecule has 12 rings (SSSR count). The fourth-order valence-electron chi connectivity index (χ4n) is 11.7. The highest BCUT2D eigenvalue weighted by atomic mass is 16.3. The van der Waals surface area contributed by atoms with Gasteiger partial charge >= 0.3 is 0 Å². The Labute approximate surface area is 494 Å². The van der Waals surface area contributed by atoms with Crippen LogP contribution in [0, 0.1) is 0 Å². The molecule has 3 aliphatic heterocycles. The Kier molecular flexibility index (Phi) is 16.0. The van der Waals surface area contributed by atoms with E-state index in [1.807, 2.05) is 127 Å². The van der Waals surface area contributed by atoms with Crippen LogP contribution in [-0.2, 0) is 0 Å². The SMILES string of the molecule is CCCCCCN1C(=O)c2ccc(-c3ccc(-c4ccc(N(c5ccc(-c6ccc(-c7ccc8c(c7)C(=O)N(CCCCCC)C8=O)o6)cc5)c5ccc(-c6ccc(-c7ccc8c(c7)C(=O)N(CCCCCC)C8=O)o6)cc5)cc4)o3)cc2C1=O. The van der Waals surface area contributed by atoms with E-state index in [1.165, 1.54) is 14.7 Å². The van der Waals surface area contributed by atoms with Crippen molar-refractivity contribution in [1.29, 1.82) is 0 Å². The van der Waals surface area contributed by atoms with Gasteiger partial charge in [-0.2, -0.15) is 0 Å². The number of furan rings is 3. The Balaban J connectivity index is 0.800. The van der Waals surface area contributed by atoms with Crippen LogP contribution in [0.5, 0.6) is 0 Å². The summed E-state index contributed by atoms with van der Waals surface area (Å²) in [6.07, 6.45) is 11.6. The first-order valence-corrected chi connectivity index (χ1v) is 29.9. The standard InChI is InChI=1S/C72H66N4O9/c1-4-7-10-13-40-73-67(77)55-31-22-49(43-58(55)70(73)80)64-37-34-61(83-64)46-16-25-52(26-17-46)76(53-27-18-47(19-28-53)62-35-38-65(84-62)50-23-32-56-59(44-50)71(81)74(68(56)78)41-14-11-8-5-2)54-29-20-48(21-30-54)63-36-39-66(85-63)51-24-33-57-60(45-51)72(82)75(69(57)79)42-15-12-9-6-3/h16-39,43-45H,4-15,40-42H2,1-3H3. The molecule has 0 atom stereocenters. The summed E-state index contributed by atoms with van der Waals surface area (Å²) in [5.41, 5.74) is 9.68. The fourth-order valence-corrected chi connectivity index (χ4v) is 11.7. The van der Waals surface area contributed by atoms with Crippen LogP contribution in [0.25, 0.3) is 67.9 Å². The molecule has 85 heavy (non-hydrogen) atoms. The van der Waals surface area contributed by atoms with E-state index >= 15 is 0 Å². The maximum Gasteiger partial charge on any atom is 0.261 e. The number of imide groups is 3. The van der Waals surface area contributed by atoms with Crippen molar-refractivity contribution in [2.24, 2.45) is 0 Å². The lowest BCUT2D eigenvalue weighted by Gasteiger charge is -2.26. The molecule has 0 spiro atoms. The molecule has 9 aromatic rings. The van der Waals surface area contributed by atoms with Gasteiger partial charge < -0.3 is 18.2 Å². The summed E-state index contributed by atoms with van der Waals surface area (Å²) in [4.78, 5) is 86.1. The summed E-state index contributed by atoms with van der Waals surface area (Å²) in [6.45, 7) is 7.62. The second-order valence-corrected chi connectivity index (χ2v) is 22.2. The van der Waals surface area contributed by atoms with E-state index in [4.69, 9.17) is 13.3 Å². The third-order valence-corrected chi connectivity index (χ3v) is 16.5. The summed E-state index contributed by atoms with van der Waals surface area (Å²) >= 11 is 0. The van der Waals surface area contributed by atoms with Gasteiger partial charge in [0.1, 0.15) is 34.6 Å². The summed E-state index contributed by atoms with van der Waals surface area (Å²) in [6, 6.07) is 51.5. The number of benzene rings is 6. The Bertz CT molecular complexity index is 3600. The summed E-state index contributed by atoms with van der Waals surface area (Å²) in [7, 11) is 0. The van der Waals surface area contributed by atoms with Gasteiger partial charge in [0.05, 0.1) is 33.4 Å². The van der Waals surface area contributed by atoms with Crippen molar-refractivity contribution in [1.82, 2.24) is 14.7 Å². The molecule has 6 aromatic carbocycles. The fraction of sp³-hybridized carbons (Fsp3) is 0.250. The van der Waals surface area contributed by atoms with Gasteiger partial charge in [0, 0.05) is 70.1 Å². The Morgan fingerprint density at radius 2 is 0.506 bits per heavy atom. The predicted molar refractivity (Wildman–Crippen MR) is 329 cm³/mol. The highest BCUT2D eigenvalue weighted by Gasteiger charge is 2.38. The van der Waals surface area contributed by atoms with Gasteiger partial charge in [0.15, 0.2) is 0 Å². The van der Waals surface area contributed by atoms with Crippen LogP contribution < -0.4 is 4.90 Å². The minimum Gasteiger partial charge on any atom is -0.456 e. The number of nitrogens with zero attached hydrogens (tertiary/aromatic N) is 4. The molecule has 0 radical (unpaired) electrons. The molecule has 428 valence electrons. The van der Waals surface area contributed by atoms with E-state index in [0.717, 1.165) is 111 Å². The molecule has 0 aliphatic carbocycles. The average molecular weight is 1130 g/mol. The van der Waals surface area contributed by atoms with Crippen LogP contribution in [0.1, 0.15) is 160 Å². The minimum absolute atomic E-state index is 0.248. The first-order chi connectivity index (χ1) is 41.5. The Morgan fingerprint density at radius 3 is 0.765 bits per heavy atom. The number of hydrogen-bond donors (Lipinski definition) is 0. The molecule has 0 saturated heterocycles. The molecule has 3 aliphatic rings. The number of carbonyl (C=O) groups excluding carboxylic acids is 6. The van der Waals surface area contributed by atoms with Crippen LogP contribution >= 0.6 is 0 Å². The van der Waals surface area contributed by atoms with Crippen molar-refractivity contribution in [3.05, 3.63) is 197 Å². The van der Waals surface area contributed by atoms with Crippen LogP contribution in [0.15, 0.2) is 177 Å². The number of hydrogen-bond acceptors (Lipinski definition) is 10. The van der Waals surface area contributed by atoms with E-state index in [0.29, 0.717) is 104 Å². The zero-order chi connectivity index (χ0) is 58.7. The van der Waals surface area contributed by atoms with Crippen molar-refractivity contribution in [3.63, 3.8) is 0 Å². The lowest BCUT2D eigenvalue weighted by atomic mass is 10.0. The van der Waals surface area contributed by atoms with E-state index in [1.54, 1.807) is 36.4 Å².